The predicted molar refractivity (Wildman–Crippen MR) is 106 cm³/mol. The van der Waals surface area contributed by atoms with Crippen LogP contribution in [0, 0.1) is 0 Å². The zero-order valence-electron chi connectivity index (χ0n) is 15.8. The topological polar surface area (TPSA) is 108 Å². The van der Waals surface area contributed by atoms with Gasteiger partial charge in [0.05, 0.1) is 18.0 Å². The fraction of sp³-hybridized carbons (Fsp3) is 0.316. The van der Waals surface area contributed by atoms with E-state index in [4.69, 9.17) is 9.47 Å². The second-order valence-corrected chi connectivity index (χ2v) is 7.29. The Morgan fingerprint density at radius 2 is 2.14 bits per heavy atom. The number of carbonyl (C=O) groups excluding carboxylic acids is 2. The number of anilines is 1. The smallest absolute Gasteiger partial charge is 0.284 e. The number of hydrogen-bond acceptors (Lipinski definition) is 8. The van der Waals surface area contributed by atoms with Crippen molar-refractivity contribution in [1.29, 1.82) is 0 Å². The number of Topliss-reactive ketones (excluding diaryl/α,β-unsaturated/α-hetero) is 1. The number of hydrogen-bond donors (Lipinski definition) is 1. The van der Waals surface area contributed by atoms with Gasteiger partial charge in [-0.1, -0.05) is 0 Å². The summed E-state index contributed by atoms with van der Waals surface area (Å²) in [5, 5.41) is 9.03. The number of ether oxygens (including phenoxy) is 2. The van der Waals surface area contributed by atoms with Crippen LogP contribution in [0.3, 0.4) is 0 Å². The molecule has 4 heterocycles. The Labute approximate surface area is 170 Å². The van der Waals surface area contributed by atoms with E-state index in [-0.39, 0.29) is 22.9 Å². The molecular weight excluding hydrogens is 394 g/mol. The summed E-state index contributed by atoms with van der Waals surface area (Å²) in [6.45, 7) is 1.17. The first kappa shape index (κ1) is 19.2. The molecule has 9 nitrogen and oxygen atoms in total. The zero-order valence-corrected chi connectivity index (χ0v) is 16.6. The third-order valence-corrected chi connectivity index (χ3v) is 5.08. The van der Waals surface area contributed by atoms with Crippen molar-refractivity contribution < 1.29 is 19.1 Å². The third-order valence-electron chi connectivity index (χ3n) is 4.24. The molecule has 0 fully saturated rings. The molecule has 1 aliphatic heterocycles. The monoisotopic (exact) mass is 413 g/mol. The quantitative estimate of drug-likeness (QED) is 0.603. The number of nitrogens with zero attached hydrogens (tertiary/aromatic N) is 4. The summed E-state index contributed by atoms with van der Waals surface area (Å²) in [5.41, 5.74) is 2.05. The van der Waals surface area contributed by atoms with Gasteiger partial charge < -0.3 is 14.8 Å². The van der Waals surface area contributed by atoms with Crippen LogP contribution in [0.5, 0.6) is 5.88 Å². The van der Waals surface area contributed by atoms with E-state index in [1.54, 1.807) is 37.0 Å². The van der Waals surface area contributed by atoms with Gasteiger partial charge in [-0.2, -0.15) is 5.10 Å². The molecule has 0 atom stereocenters. The van der Waals surface area contributed by atoms with Crippen LogP contribution in [0.25, 0.3) is 11.3 Å². The highest BCUT2D eigenvalue weighted by molar-refractivity contribution is 7.12. The molecule has 1 aliphatic rings. The molecule has 4 bridgehead atoms. The van der Waals surface area contributed by atoms with Crippen molar-refractivity contribution in [3.63, 3.8) is 0 Å². The maximum atomic E-state index is 12.7. The van der Waals surface area contributed by atoms with Crippen LogP contribution in [0.1, 0.15) is 33.1 Å². The molecule has 1 amide bonds. The first-order valence-corrected chi connectivity index (χ1v) is 9.99. The van der Waals surface area contributed by atoms with Crippen molar-refractivity contribution >= 4 is 28.7 Å². The highest BCUT2D eigenvalue weighted by atomic mass is 32.1. The third kappa shape index (κ3) is 4.49. The van der Waals surface area contributed by atoms with Crippen LogP contribution in [0.2, 0.25) is 0 Å². The normalized spacial score (nSPS) is 15.6. The summed E-state index contributed by atoms with van der Waals surface area (Å²) in [7, 11) is 1.70. The first-order valence-electron chi connectivity index (χ1n) is 9.11. The van der Waals surface area contributed by atoms with E-state index >= 15 is 0 Å². The Hall–Kier alpha value is -3.11. The van der Waals surface area contributed by atoms with Gasteiger partial charge in [-0.3, -0.25) is 14.3 Å². The van der Waals surface area contributed by atoms with E-state index in [0.29, 0.717) is 43.5 Å². The Balaban J connectivity index is 1.64. The number of aryl methyl sites for hydroxylation is 1. The maximum absolute atomic E-state index is 12.7. The van der Waals surface area contributed by atoms with Crippen LogP contribution in [0.15, 0.2) is 29.9 Å². The van der Waals surface area contributed by atoms with Gasteiger partial charge in [-0.15, -0.1) is 11.3 Å². The second-order valence-electron chi connectivity index (χ2n) is 6.43. The van der Waals surface area contributed by atoms with Crippen molar-refractivity contribution in [3.05, 3.63) is 40.6 Å². The Morgan fingerprint density at radius 1 is 1.24 bits per heavy atom. The second kappa shape index (κ2) is 8.50. The molecule has 1 N–H and O–H groups in total. The van der Waals surface area contributed by atoms with E-state index in [1.807, 2.05) is 0 Å². The van der Waals surface area contributed by atoms with Crippen LogP contribution in [0.4, 0.5) is 5.69 Å². The molecule has 0 aromatic carbocycles. The van der Waals surface area contributed by atoms with Gasteiger partial charge in [0, 0.05) is 49.5 Å². The van der Waals surface area contributed by atoms with Crippen LogP contribution >= 0.6 is 11.3 Å². The van der Waals surface area contributed by atoms with Gasteiger partial charge in [-0.05, 0) is 12.5 Å². The Morgan fingerprint density at radius 3 is 3.03 bits per heavy atom. The molecule has 4 rings (SSSR count). The number of pyridine rings is 1. The molecule has 0 unspecified atom stereocenters. The molecule has 3 aromatic heterocycles. The predicted octanol–water partition coefficient (Wildman–Crippen LogP) is 2.56. The summed E-state index contributed by atoms with van der Waals surface area (Å²) < 4.78 is 12.6. The highest BCUT2D eigenvalue weighted by Gasteiger charge is 2.20. The standard InChI is InChI=1S/C19H19N5O4S/c1-24-10-13-17(23-24)15(25)3-2-6-27-7-8-28-16-9-12(4-5-20-16)14-11-29-19(22-14)18(26)21-13/h4-5,9-11H,2-3,6-8H2,1H3,(H,21,26). The summed E-state index contributed by atoms with van der Waals surface area (Å²) in [6.07, 6.45) is 4.07. The van der Waals surface area contributed by atoms with Crippen molar-refractivity contribution in [2.75, 3.05) is 25.1 Å². The minimum atomic E-state index is -0.390. The lowest BCUT2D eigenvalue weighted by atomic mass is 10.1. The van der Waals surface area contributed by atoms with E-state index < -0.39 is 5.91 Å². The summed E-state index contributed by atoms with van der Waals surface area (Å²) in [5.74, 6) is -0.0828. The fourth-order valence-corrected chi connectivity index (χ4v) is 3.60. The molecule has 3 aromatic rings. The maximum Gasteiger partial charge on any atom is 0.284 e. The number of thiazole rings is 1. The van der Waals surface area contributed by atoms with E-state index in [9.17, 15) is 9.59 Å². The molecule has 150 valence electrons. The van der Waals surface area contributed by atoms with E-state index in [1.165, 1.54) is 16.0 Å². The van der Waals surface area contributed by atoms with Gasteiger partial charge in [-0.25, -0.2) is 9.97 Å². The molecule has 0 spiro atoms. The summed E-state index contributed by atoms with van der Waals surface area (Å²) in [4.78, 5) is 33.8. The lowest BCUT2D eigenvalue weighted by molar-refractivity contribution is 0.0862. The van der Waals surface area contributed by atoms with E-state index in [2.05, 4.69) is 20.4 Å². The zero-order chi connectivity index (χ0) is 20.2. The van der Waals surface area contributed by atoms with Crippen molar-refractivity contribution in [1.82, 2.24) is 19.7 Å². The van der Waals surface area contributed by atoms with Gasteiger partial charge in [0.1, 0.15) is 6.61 Å². The van der Waals surface area contributed by atoms with Crippen LogP contribution in [-0.4, -0.2) is 51.3 Å². The minimum Gasteiger partial charge on any atom is -0.475 e. The molecule has 29 heavy (non-hydrogen) atoms. The van der Waals surface area contributed by atoms with Gasteiger partial charge in [0.15, 0.2) is 16.5 Å². The summed E-state index contributed by atoms with van der Waals surface area (Å²) >= 11 is 1.22. The molecular formula is C19H19N5O4S. The number of aromatic nitrogens is 4. The molecule has 0 radical (unpaired) electrons. The largest absolute Gasteiger partial charge is 0.475 e. The Bertz CT molecular complexity index is 1040. The lowest BCUT2D eigenvalue weighted by Gasteiger charge is -2.08. The summed E-state index contributed by atoms with van der Waals surface area (Å²) in [6, 6.07) is 3.58. The SMILES string of the molecule is Cn1cc2c(n1)C(=O)CCCOCCOc1cc(ccn1)-c1csc(n1)C(=O)N2. The van der Waals surface area contributed by atoms with Crippen LogP contribution in [-0.2, 0) is 11.8 Å². The van der Waals surface area contributed by atoms with Crippen LogP contribution < -0.4 is 10.1 Å². The number of nitrogens with one attached hydrogen (secondary N) is 1. The number of fused-ring (bicyclic) bond motifs is 6. The Kier molecular flexibility index (Phi) is 5.63. The van der Waals surface area contributed by atoms with Gasteiger partial charge >= 0.3 is 0 Å². The highest BCUT2D eigenvalue weighted by Crippen LogP contribution is 2.25. The number of carbonyl (C=O) groups is 2. The minimum absolute atomic E-state index is 0.152. The molecule has 0 saturated heterocycles. The number of ketones is 1. The van der Waals surface area contributed by atoms with Crippen molar-refractivity contribution in [2.24, 2.45) is 7.05 Å². The van der Waals surface area contributed by atoms with Crippen molar-refractivity contribution in [3.8, 4) is 17.1 Å². The van der Waals surface area contributed by atoms with Gasteiger partial charge in [0.2, 0.25) is 5.88 Å². The number of rotatable bonds is 0. The molecule has 0 saturated carbocycles. The average molecular weight is 413 g/mol. The van der Waals surface area contributed by atoms with Crippen molar-refractivity contribution in [2.45, 2.75) is 12.8 Å². The molecule has 0 aliphatic carbocycles. The molecule has 10 heteroatoms. The average Bonchev–Trinajstić information content (AvgIpc) is 3.34. The fourth-order valence-electron chi connectivity index (χ4n) is 2.88. The van der Waals surface area contributed by atoms with E-state index in [0.717, 1.165) is 5.56 Å². The lowest BCUT2D eigenvalue weighted by Crippen LogP contribution is -2.14. The first-order chi connectivity index (χ1) is 14.1. The number of amides is 1. The van der Waals surface area contributed by atoms with Gasteiger partial charge in [0.25, 0.3) is 5.91 Å².